The quantitative estimate of drug-likeness (QED) is 0.304. The lowest BCUT2D eigenvalue weighted by Gasteiger charge is -2.30. The molecule has 8 heteroatoms. The van der Waals surface area contributed by atoms with Crippen LogP contribution in [0.4, 0.5) is 4.79 Å². The molecule has 2 rings (SSSR count). The van der Waals surface area contributed by atoms with Gasteiger partial charge in [-0.3, -0.25) is 0 Å². The number of aliphatic hydroxyl groups excluding tert-OH is 1. The number of aliphatic hydroxyl groups is 1. The van der Waals surface area contributed by atoms with Gasteiger partial charge in [-0.2, -0.15) is 0 Å². The Morgan fingerprint density at radius 3 is 2.46 bits per heavy atom. The molecule has 0 radical (unpaired) electrons. The molecule has 1 atom stereocenters. The highest BCUT2D eigenvalue weighted by atomic mass is 35.5. The van der Waals surface area contributed by atoms with Crippen molar-refractivity contribution in [1.82, 2.24) is 5.32 Å². The van der Waals surface area contributed by atoms with Crippen molar-refractivity contribution in [2.24, 2.45) is 0 Å². The first kappa shape index (κ1) is 29.3. The van der Waals surface area contributed by atoms with Crippen LogP contribution in [0, 0.1) is 0 Å². The van der Waals surface area contributed by atoms with Crippen molar-refractivity contribution in [3.63, 3.8) is 0 Å². The van der Waals surface area contributed by atoms with E-state index in [1.54, 1.807) is 46.6 Å². The van der Waals surface area contributed by atoms with Gasteiger partial charge in [-0.05, 0) is 82.3 Å². The molecule has 1 unspecified atom stereocenters. The number of ether oxygens (including phenoxy) is 3. The molecule has 2 aromatic rings. The zero-order valence-electron chi connectivity index (χ0n) is 21.6. The van der Waals surface area contributed by atoms with E-state index in [1.807, 2.05) is 24.3 Å². The van der Waals surface area contributed by atoms with Crippen molar-refractivity contribution < 1.29 is 24.1 Å². The summed E-state index contributed by atoms with van der Waals surface area (Å²) in [4.78, 5) is 14.2. The van der Waals surface area contributed by atoms with Gasteiger partial charge in [0.25, 0.3) is 0 Å². The molecule has 1 amide bonds. The third-order valence-corrected chi connectivity index (χ3v) is 6.61. The molecule has 0 aliphatic carbocycles. The second-order valence-electron chi connectivity index (χ2n) is 9.78. The Balaban J connectivity index is 2.11. The highest BCUT2D eigenvalue weighted by Gasteiger charge is 2.28. The van der Waals surface area contributed by atoms with E-state index in [1.165, 1.54) is 5.56 Å². The van der Waals surface area contributed by atoms with Crippen molar-refractivity contribution in [2.75, 3.05) is 20.5 Å². The monoisotopic (exact) mass is 523 g/mol. The number of halogens is 1. The van der Waals surface area contributed by atoms with Crippen LogP contribution in [0.2, 0.25) is 5.02 Å². The van der Waals surface area contributed by atoms with E-state index in [4.69, 9.17) is 25.8 Å². The summed E-state index contributed by atoms with van der Waals surface area (Å²) in [5.41, 5.74) is 0.759. The SMILES string of the molecule is CCCc1ccc(OCOC)c(Sc2ccc(CCC(C)(CO)NC(=O)OC(C)(C)C)c(Cl)c2)c1. The Morgan fingerprint density at radius 2 is 1.86 bits per heavy atom. The first-order valence-electron chi connectivity index (χ1n) is 11.8. The van der Waals surface area contributed by atoms with Gasteiger partial charge in [0, 0.05) is 17.0 Å². The number of aryl methyl sites for hydroxylation is 2. The second kappa shape index (κ2) is 13.4. The highest BCUT2D eigenvalue weighted by Crippen LogP contribution is 2.38. The largest absolute Gasteiger partial charge is 0.466 e. The molecular weight excluding hydrogens is 486 g/mol. The zero-order chi connectivity index (χ0) is 26.1. The van der Waals surface area contributed by atoms with Crippen LogP contribution in [0.25, 0.3) is 0 Å². The number of benzene rings is 2. The number of nitrogens with one attached hydrogen (secondary N) is 1. The minimum atomic E-state index is -0.827. The summed E-state index contributed by atoms with van der Waals surface area (Å²) >= 11 is 8.22. The van der Waals surface area contributed by atoms with Crippen LogP contribution in [-0.4, -0.2) is 42.8 Å². The van der Waals surface area contributed by atoms with Crippen molar-refractivity contribution in [3.8, 4) is 5.75 Å². The Bertz CT molecular complexity index is 979. The van der Waals surface area contributed by atoms with Gasteiger partial charge >= 0.3 is 6.09 Å². The minimum absolute atomic E-state index is 0.182. The summed E-state index contributed by atoms with van der Waals surface area (Å²) in [6.07, 6.45) is 2.61. The summed E-state index contributed by atoms with van der Waals surface area (Å²) in [5, 5.41) is 13.3. The van der Waals surface area contributed by atoms with E-state index < -0.39 is 17.2 Å². The predicted octanol–water partition coefficient (Wildman–Crippen LogP) is 6.63. The van der Waals surface area contributed by atoms with Crippen LogP contribution in [0.3, 0.4) is 0 Å². The lowest BCUT2D eigenvalue weighted by molar-refractivity contribution is 0.0406. The number of carbonyl (C=O) groups is 1. The molecule has 0 aliphatic rings. The smallest absolute Gasteiger partial charge is 0.408 e. The molecule has 0 heterocycles. The number of carbonyl (C=O) groups excluding carboxylic acids is 1. The van der Waals surface area contributed by atoms with E-state index in [-0.39, 0.29) is 13.4 Å². The number of hydrogen-bond donors (Lipinski definition) is 2. The van der Waals surface area contributed by atoms with Crippen LogP contribution < -0.4 is 10.1 Å². The van der Waals surface area contributed by atoms with Gasteiger partial charge in [-0.25, -0.2) is 4.79 Å². The molecular formula is C27H38ClNO5S. The Kier molecular flexibility index (Phi) is 11.2. The van der Waals surface area contributed by atoms with Crippen LogP contribution >= 0.6 is 23.4 Å². The number of amides is 1. The van der Waals surface area contributed by atoms with Crippen molar-refractivity contribution in [1.29, 1.82) is 0 Å². The van der Waals surface area contributed by atoms with Gasteiger partial charge in [0.05, 0.1) is 17.0 Å². The van der Waals surface area contributed by atoms with Gasteiger partial charge in [0.15, 0.2) is 6.79 Å². The lowest BCUT2D eigenvalue weighted by atomic mass is 9.94. The number of alkyl carbamates (subject to hydrolysis) is 1. The molecule has 0 spiro atoms. The fourth-order valence-electron chi connectivity index (χ4n) is 3.38. The van der Waals surface area contributed by atoms with E-state index in [9.17, 15) is 9.90 Å². The molecule has 2 aromatic carbocycles. The van der Waals surface area contributed by atoms with E-state index in [0.717, 1.165) is 33.9 Å². The van der Waals surface area contributed by atoms with E-state index in [0.29, 0.717) is 17.9 Å². The first-order chi connectivity index (χ1) is 16.5. The summed E-state index contributed by atoms with van der Waals surface area (Å²) in [6, 6.07) is 12.2. The number of methoxy groups -OCH3 is 1. The summed E-state index contributed by atoms with van der Waals surface area (Å²) < 4.78 is 16.2. The van der Waals surface area contributed by atoms with Gasteiger partial charge < -0.3 is 24.6 Å². The molecule has 0 bridgehead atoms. The molecule has 35 heavy (non-hydrogen) atoms. The highest BCUT2D eigenvalue weighted by molar-refractivity contribution is 7.99. The number of hydrogen-bond acceptors (Lipinski definition) is 6. The maximum absolute atomic E-state index is 12.2. The molecule has 0 fully saturated rings. The predicted molar refractivity (Wildman–Crippen MR) is 142 cm³/mol. The van der Waals surface area contributed by atoms with Crippen LogP contribution in [-0.2, 0) is 22.3 Å². The lowest BCUT2D eigenvalue weighted by Crippen LogP contribution is -2.50. The molecule has 194 valence electrons. The summed E-state index contributed by atoms with van der Waals surface area (Å²) in [6.45, 7) is 9.32. The van der Waals surface area contributed by atoms with Crippen molar-refractivity contribution in [2.45, 2.75) is 81.2 Å². The fourth-order valence-corrected chi connectivity index (χ4v) is 4.73. The molecule has 0 aromatic heterocycles. The molecule has 0 aliphatic heterocycles. The summed E-state index contributed by atoms with van der Waals surface area (Å²) in [5.74, 6) is 0.767. The van der Waals surface area contributed by atoms with Gasteiger partial charge in [-0.1, -0.05) is 48.8 Å². The Hall–Kier alpha value is -1.93. The van der Waals surface area contributed by atoms with Crippen molar-refractivity contribution in [3.05, 3.63) is 52.5 Å². The third kappa shape index (κ3) is 9.92. The van der Waals surface area contributed by atoms with Crippen LogP contribution in [0.15, 0.2) is 46.2 Å². The normalized spacial score (nSPS) is 13.3. The summed E-state index contributed by atoms with van der Waals surface area (Å²) in [7, 11) is 1.60. The van der Waals surface area contributed by atoms with Gasteiger partial charge in [0.2, 0.25) is 0 Å². The average molecular weight is 524 g/mol. The third-order valence-electron chi connectivity index (χ3n) is 5.23. The minimum Gasteiger partial charge on any atom is -0.466 e. The van der Waals surface area contributed by atoms with Crippen molar-refractivity contribution >= 4 is 29.5 Å². The maximum Gasteiger partial charge on any atom is 0.408 e. The van der Waals surface area contributed by atoms with E-state index >= 15 is 0 Å². The fraction of sp³-hybridized carbons (Fsp3) is 0.519. The molecule has 0 saturated heterocycles. The second-order valence-corrected chi connectivity index (χ2v) is 11.3. The number of rotatable bonds is 12. The average Bonchev–Trinajstić information content (AvgIpc) is 2.77. The molecule has 0 saturated carbocycles. The van der Waals surface area contributed by atoms with Gasteiger partial charge in [0.1, 0.15) is 11.4 Å². The first-order valence-corrected chi connectivity index (χ1v) is 13.0. The molecule has 2 N–H and O–H groups in total. The van der Waals surface area contributed by atoms with E-state index in [2.05, 4.69) is 24.4 Å². The Labute approximate surface area is 218 Å². The van der Waals surface area contributed by atoms with Gasteiger partial charge in [-0.15, -0.1) is 0 Å². The van der Waals surface area contributed by atoms with Crippen LogP contribution in [0.1, 0.15) is 58.6 Å². The Morgan fingerprint density at radius 1 is 1.11 bits per heavy atom. The zero-order valence-corrected chi connectivity index (χ0v) is 23.1. The standard InChI is InChI=1S/C27H38ClNO5S/c1-7-8-19-9-12-23(33-18-32-6)24(15-19)35-21-11-10-20(22(28)16-21)13-14-27(5,17-30)29-25(31)34-26(2,3)4/h9-12,15-16,30H,7-8,13-14,17-18H2,1-6H3,(H,29,31). The van der Waals surface area contributed by atoms with Crippen LogP contribution in [0.5, 0.6) is 5.75 Å². The topological polar surface area (TPSA) is 77.0 Å². The maximum atomic E-state index is 12.2. The molecule has 6 nitrogen and oxygen atoms in total.